The largest absolute Gasteiger partial charge is 0.389 e. The topological polar surface area (TPSA) is 33.1 Å². The lowest BCUT2D eigenvalue weighted by atomic mass is 10.1. The molecule has 1 rings (SSSR count). The van der Waals surface area contributed by atoms with E-state index >= 15 is 0 Å². The fourth-order valence-corrected chi connectivity index (χ4v) is 1.62. The fourth-order valence-electron chi connectivity index (χ4n) is 0.962. The minimum absolute atomic E-state index is 0.403. The van der Waals surface area contributed by atoms with Crippen LogP contribution >= 0.6 is 23.2 Å². The Kier molecular flexibility index (Phi) is 2.94. The van der Waals surface area contributed by atoms with Crippen LogP contribution in [0.15, 0.2) is 6.20 Å². The summed E-state index contributed by atoms with van der Waals surface area (Å²) in [7, 11) is 0. The highest BCUT2D eigenvalue weighted by molar-refractivity contribution is 6.36. The minimum Gasteiger partial charge on any atom is -0.389 e. The molecule has 1 aromatic heterocycles. The van der Waals surface area contributed by atoms with Gasteiger partial charge in [-0.05, 0) is 13.8 Å². The lowest BCUT2D eigenvalue weighted by Gasteiger charge is -2.10. The van der Waals surface area contributed by atoms with Crippen molar-refractivity contribution >= 4 is 23.2 Å². The number of pyridine rings is 1. The van der Waals surface area contributed by atoms with Gasteiger partial charge in [-0.25, -0.2) is 0 Å². The number of aliphatic hydroxyl groups is 1. The van der Waals surface area contributed by atoms with Crippen molar-refractivity contribution in [2.45, 2.75) is 20.0 Å². The van der Waals surface area contributed by atoms with Gasteiger partial charge in [-0.3, -0.25) is 4.98 Å². The van der Waals surface area contributed by atoms with Crippen LogP contribution in [0.5, 0.6) is 0 Å². The summed E-state index contributed by atoms with van der Waals surface area (Å²) in [5, 5.41) is 10.2. The van der Waals surface area contributed by atoms with E-state index in [-0.39, 0.29) is 0 Å². The number of aryl methyl sites for hydroxylation is 1. The first kappa shape index (κ1) is 9.78. The van der Waals surface area contributed by atoms with Crippen LogP contribution in [0.3, 0.4) is 0 Å². The Morgan fingerprint density at radius 1 is 1.50 bits per heavy atom. The lowest BCUT2D eigenvalue weighted by molar-refractivity contribution is 0.199. The molecule has 2 nitrogen and oxygen atoms in total. The Bertz CT molecular complexity index is 299. The van der Waals surface area contributed by atoms with Crippen molar-refractivity contribution in [3.05, 3.63) is 27.5 Å². The van der Waals surface area contributed by atoms with E-state index in [1.165, 1.54) is 6.20 Å². The van der Waals surface area contributed by atoms with Crippen molar-refractivity contribution in [2.75, 3.05) is 0 Å². The summed E-state index contributed by atoms with van der Waals surface area (Å²) in [6.45, 7) is 3.39. The highest BCUT2D eigenvalue weighted by Crippen LogP contribution is 2.30. The number of aliphatic hydroxyl groups excluding tert-OH is 1. The molecule has 0 radical (unpaired) electrons. The SMILES string of the molecule is Cc1ncc(Cl)c(C(C)O)c1Cl. The molecular weight excluding hydrogens is 197 g/mol. The molecule has 0 fully saturated rings. The van der Waals surface area contributed by atoms with Gasteiger partial charge in [-0.2, -0.15) is 0 Å². The Balaban J connectivity index is 3.33. The third kappa shape index (κ3) is 1.71. The van der Waals surface area contributed by atoms with Gasteiger partial charge in [0.25, 0.3) is 0 Å². The Morgan fingerprint density at radius 2 is 2.08 bits per heavy atom. The lowest BCUT2D eigenvalue weighted by Crippen LogP contribution is -1.97. The smallest absolute Gasteiger partial charge is 0.0792 e. The maximum Gasteiger partial charge on any atom is 0.0792 e. The van der Waals surface area contributed by atoms with Gasteiger partial charge in [0.2, 0.25) is 0 Å². The van der Waals surface area contributed by atoms with Crippen molar-refractivity contribution in [3.63, 3.8) is 0 Å². The standard InChI is InChI=1S/C8H9Cl2NO/c1-4-8(10)7(5(2)12)6(9)3-11-4/h3,5,12H,1-2H3. The molecule has 0 aliphatic heterocycles. The number of nitrogens with zero attached hydrogens (tertiary/aromatic N) is 1. The average Bonchev–Trinajstić information content (AvgIpc) is 1.97. The number of hydrogen-bond donors (Lipinski definition) is 1. The molecule has 0 amide bonds. The summed E-state index contributed by atoms with van der Waals surface area (Å²) in [6.07, 6.45) is 0.830. The van der Waals surface area contributed by atoms with Gasteiger partial charge >= 0.3 is 0 Å². The highest BCUT2D eigenvalue weighted by atomic mass is 35.5. The molecule has 1 N–H and O–H groups in total. The third-order valence-electron chi connectivity index (χ3n) is 1.60. The first-order valence-electron chi connectivity index (χ1n) is 3.52. The van der Waals surface area contributed by atoms with Crippen molar-refractivity contribution < 1.29 is 5.11 Å². The van der Waals surface area contributed by atoms with Crippen LogP contribution in [0.2, 0.25) is 10.0 Å². The van der Waals surface area contributed by atoms with Crippen LogP contribution in [0.1, 0.15) is 24.3 Å². The molecule has 1 atom stereocenters. The molecule has 12 heavy (non-hydrogen) atoms. The van der Waals surface area contributed by atoms with Gasteiger partial charge in [-0.1, -0.05) is 23.2 Å². The fraction of sp³-hybridized carbons (Fsp3) is 0.375. The quantitative estimate of drug-likeness (QED) is 0.766. The van der Waals surface area contributed by atoms with Crippen LogP contribution in [0.4, 0.5) is 0 Å². The Hall–Kier alpha value is -0.310. The molecule has 0 aromatic carbocycles. The first-order valence-corrected chi connectivity index (χ1v) is 4.28. The van der Waals surface area contributed by atoms with E-state index in [4.69, 9.17) is 23.2 Å². The number of hydrogen-bond acceptors (Lipinski definition) is 2. The normalized spacial score (nSPS) is 13.1. The van der Waals surface area contributed by atoms with Crippen LogP contribution in [-0.4, -0.2) is 10.1 Å². The van der Waals surface area contributed by atoms with Crippen molar-refractivity contribution in [3.8, 4) is 0 Å². The Morgan fingerprint density at radius 3 is 2.50 bits per heavy atom. The molecule has 4 heteroatoms. The van der Waals surface area contributed by atoms with Gasteiger partial charge in [-0.15, -0.1) is 0 Å². The second-order valence-electron chi connectivity index (χ2n) is 2.60. The molecule has 0 spiro atoms. The molecule has 1 unspecified atom stereocenters. The predicted molar refractivity (Wildman–Crippen MR) is 49.6 cm³/mol. The summed E-state index contributed by atoms with van der Waals surface area (Å²) >= 11 is 11.7. The van der Waals surface area contributed by atoms with Crippen LogP contribution < -0.4 is 0 Å². The van der Waals surface area contributed by atoms with Gasteiger partial charge in [0, 0.05) is 11.8 Å². The summed E-state index contributed by atoms with van der Waals surface area (Å²) in [5.74, 6) is 0. The van der Waals surface area contributed by atoms with Crippen molar-refractivity contribution in [1.29, 1.82) is 0 Å². The highest BCUT2D eigenvalue weighted by Gasteiger charge is 2.13. The zero-order chi connectivity index (χ0) is 9.30. The summed E-state index contributed by atoms with van der Waals surface area (Å²) in [4.78, 5) is 3.95. The van der Waals surface area contributed by atoms with Gasteiger partial charge in [0.15, 0.2) is 0 Å². The second kappa shape index (κ2) is 3.60. The van der Waals surface area contributed by atoms with Crippen LogP contribution in [0.25, 0.3) is 0 Å². The number of aromatic nitrogens is 1. The van der Waals surface area contributed by atoms with E-state index in [1.807, 2.05) is 0 Å². The molecule has 1 aromatic rings. The van der Waals surface area contributed by atoms with Gasteiger partial charge in [0.05, 0.1) is 21.8 Å². The average molecular weight is 206 g/mol. The van der Waals surface area contributed by atoms with E-state index in [9.17, 15) is 5.11 Å². The molecule has 1 heterocycles. The van der Waals surface area contributed by atoms with Crippen molar-refractivity contribution in [1.82, 2.24) is 4.98 Å². The molecule has 0 aliphatic carbocycles. The maximum atomic E-state index is 9.31. The number of halogens is 2. The molecule has 0 saturated heterocycles. The molecular formula is C8H9Cl2NO. The third-order valence-corrected chi connectivity index (χ3v) is 2.38. The van der Waals surface area contributed by atoms with E-state index in [1.54, 1.807) is 13.8 Å². The zero-order valence-corrected chi connectivity index (χ0v) is 8.32. The summed E-state index contributed by atoms with van der Waals surface area (Å²) < 4.78 is 0. The molecule has 0 bridgehead atoms. The maximum absolute atomic E-state index is 9.31. The first-order chi connectivity index (χ1) is 5.54. The van der Waals surface area contributed by atoms with Gasteiger partial charge < -0.3 is 5.11 Å². The van der Waals surface area contributed by atoms with Crippen LogP contribution in [-0.2, 0) is 0 Å². The van der Waals surface area contributed by atoms with Crippen LogP contribution in [0, 0.1) is 6.92 Å². The summed E-state index contributed by atoms with van der Waals surface area (Å²) in [6, 6.07) is 0. The van der Waals surface area contributed by atoms with Crippen molar-refractivity contribution in [2.24, 2.45) is 0 Å². The number of rotatable bonds is 1. The van der Waals surface area contributed by atoms with E-state index in [0.29, 0.717) is 21.3 Å². The zero-order valence-electron chi connectivity index (χ0n) is 6.81. The van der Waals surface area contributed by atoms with E-state index < -0.39 is 6.10 Å². The van der Waals surface area contributed by atoms with E-state index in [0.717, 1.165) is 0 Å². The molecule has 66 valence electrons. The summed E-state index contributed by atoms with van der Waals surface area (Å²) in [5.41, 5.74) is 1.22. The molecule has 0 aliphatic rings. The Labute approximate surface area is 81.1 Å². The van der Waals surface area contributed by atoms with E-state index in [2.05, 4.69) is 4.98 Å². The predicted octanol–water partition coefficient (Wildman–Crippen LogP) is 2.75. The minimum atomic E-state index is -0.660. The van der Waals surface area contributed by atoms with Gasteiger partial charge in [0.1, 0.15) is 0 Å². The molecule has 0 saturated carbocycles. The second-order valence-corrected chi connectivity index (χ2v) is 3.38. The monoisotopic (exact) mass is 205 g/mol.